The molecule has 3 heterocycles. The molecule has 268 valence electrons. The van der Waals surface area contributed by atoms with Gasteiger partial charge in [-0.1, -0.05) is 36.4 Å². The van der Waals surface area contributed by atoms with Crippen LogP contribution in [0.25, 0.3) is 22.0 Å². The number of rotatable bonds is 11. The van der Waals surface area contributed by atoms with E-state index in [1.807, 2.05) is 17.2 Å². The number of halogens is 6. The first-order valence-electron chi connectivity index (χ1n) is 16.7. The fraction of sp³-hybridized carbons (Fsp3) is 0.417. The normalized spacial score (nSPS) is 18.0. The van der Waals surface area contributed by atoms with E-state index in [-0.39, 0.29) is 29.8 Å². The Labute approximate surface area is 286 Å². The number of aromatic nitrogens is 1. The second-order valence-corrected chi connectivity index (χ2v) is 12.7. The van der Waals surface area contributed by atoms with Crippen LogP contribution in [0.5, 0.6) is 5.75 Å². The molecule has 0 saturated carbocycles. The summed E-state index contributed by atoms with van der Waals surface area (Å²) in [6, 6.07) is 17.4. The molecule has 2 aliphatic heterocycles. The number of fused-ring (bicyclic) bond motifs is 1. The standard InChI is InChI=1S/C36H40F6N6O2/c37-35(38,39)31-5-2-1-4-27(31)23-47-18-16-46(17-19-47)22-25-6-11-33-29(20-25)30(26-7-9-28(10-8-26)50-36(40,41)42)24-48(33)15-3-12-45-34(49)32-21-43-13-14-44-32/h1-2,4-11,20,24,32,43-44H,3,12-19,21-23H2,(H,45,49). The zero-order valence-electron chi connectivity index (χ0n) is 27.4. The number of hydrogen-bond donors (Lipinski definition) is 3. The fourth-order valence-electron chi connectivity index (χ4n) is 6.66. The van der Waals surface area contributed by atoms with Gasteiger partial charge in [-0.05, 0) is 53.4 Å². The lowest BCUT2D eigenvalue weighted by Crippen LogP contribution is -2.55. The number of nitrogens with zero attached hydrogens (tertiary/aromatic N) is 3. The summed E-state index contributed by atoms with van der Waals surface area (Å²) in [4.78, 5) is 16.8. The van der Waals surface area contributed by atoms with Crippen molar-refractivity contribution < 1.29 is 35.9 Å². The predicted molar refractivity (Wildman–Crippen MR) is 178 cm³/mol. The maximum absolute atomic E-state index is 13.5. The minimum Gasteiger partial charge on any atom is -0.406 e. The Kier molecular flexibility index (Phi) is 11.0. The topological polar surface area (TPSA) is 73.8 Å². The monoisotopic (exact) mass is 702 g/mol. The average Bonchev–Trinajstić information content (AvgIpc) is 3.45. The Morgan fingerprint density at radius 3 is 2.28 bits per heavy atom. The quantitative estimate of drug-likeness (QED) is 0.140. The summed E-state index contributed by atoms with van der Waals surface area (Å²) in [6.07, 6.45) is -6.52. The molecule has 3 N–H and O–H groups in total. The average molecular weight is 703 g/mol. The van der Waals surface area contributed by atoms with Crippen LogP contribution in [0.4, 0.5) is 26.3 Å². The van der Waals surface area contributed by atoms with Crippen molar-refractivity contribution >= 4 is 16.8 Å². The SMILES string of the molecule is O=C(NCCCn1cc(-c2ccc(OC(F)(F)F)cc2)c2cc(CN3CCN(Cc4ccccc4C(F)(F)F)CC3)ccc21)C1CNCCN1. The molecule has 3 aromatic carbocycles. The van der Waals surface area contributed by atoms with Gasteiger partial charge in [0.15, 0.2) is 0 Å². The highest BCUT2D eigenvalue weighted by molar-refractivity contribution is 5.96. The van der Waals surface area contributed by atoms with Crippen LogP contribution in [0.15, 0.2) is 72.9 Å². The molecule has 50 heavy (non-hydrogen) atoms. The molecule has 1 amide bonds. The van der Waals surface area contributed by atoms with Crippen LogP contribution in [-0.4, -0.2) is 85.0 Å². The maximum atomic E-state index is 13.5. The lowest BCUT2D eigenvalue weighted by Gasteiger charge is -2.35. The third-order valence-corrected chi connectivity index (χ3v) is 9.16. The van der Waals surface area contributed by atoms with Crippen LogP contribution in [-0.2, 0) is 30.6 Å². The molecule has 2 saturated heterocycles. The summed E-state index contributed by atoms with van der Waals surface area (Å²) in [5.41, 5.74) is 3.27. The Hall–Kier alpha value is -4.11. The summed E-state index contributed by atoms with van der Waals surface area (Å²) in [6.45, 7) is 6.77. The van der Waals surface area contributed by atoms with Crippen LogP contribution < -0.4 is 20.7 Å². The van der Waals surface area contributed by atoms with E-state index in [1.165, 1.54) is 24.3 Å². The number of carbonyl (C=O) groups is 1. The molecule has 4 aromatic rings. The molecule has 0 radical (unpaired) electrons. The van der Waals surface area contributed by atoms with E-state index in [2.05, 4.69) is 42.3 Å². The van der Waals surface area contributed by atoms with Gasteiger partial charge < -0.3 is 25.3 Å². The second kappa shape index (κ2) is 15.4. The van der Waals surface area contributed by atoms with Crippen molar-refractivity contribution in [1.29, 1.82) is 0 Å². The summed E-state index contributed by atoms with van der Waals surface area (Å²) in [7, 11) is 0. The van der Waals surface area contributed by atoms with Gasteiger partial charge >= 0.3 is 12.5 Å². The molecule has 1 aromatic heterocycles. The molecule has 2 fully saturated rings. The van der Waals surface area contributed by atoms with E-state index in [0.29, 0.717) is 58.8 Å². The summed E-state index contributed by atoms with van der Waals surface area (Å²) < 4.78 is 85.1. The highest BCUT2D eigenvalue weighted by Crippen LogP contribution is 2.35. The molecular formula is C36H40F6N6O2. The zero-order valence-corrected chi connectivity index (χ0v) is 27.4. The van der Waals surface area contributed by atoms with Gasteiger partial charge in [-0.3, -0.25) is 14.6 Å². The number of alkyl halides is 6. The molecular weight excluding hydrogens is 662 g/mol. The van der Waals surface area contributed by atoms with Gasteiger partial charge in [0.05, 0.1) is 11.6 Å². The first-order chi connectivity index (χ1) is 23.9. The highest BCUT2D eigenvalue weighted by Gasteiger charge is 2.34. The van der Waals surface area contributed by atoms with Crippen molar-refractivity contribution in [2.24, 2.45) is 0 Å². The molecule has 6 rings (SSSR count). The molecule has 1 unspecified atom stereocenters. The Morgan fingerprint density at radius 1 is 0.880 bits per heavy atom. The van der Waals surface area contributed by atoms with Crippen LogP contribution in [0.2, 0.25) is 0 Å². The van der Waals surface area contributed by atoms with E-state index < -0.39 is 18.1 Å². The number of aryl methyl sites for hydroxylation is 1. The predicted octanol–water partition coefficient (Wildman–Crippen LogP) is 5.61. The number of hydrogen-bond acceptors (Lipinski definition) is 6. The second-order valence-electron chi connectivity index (χ2n) is 12.7. The molecule has 0 aliphatic carbocycles. The van der Waals surface area contributed by atoms with Crippen molar-refractivity contribution in [3.05, 3.63) is 89.6 Å². The summed E-state index contributed by atoms with van der Waals surface area (Å²) >= 11 is 0. The third-order valence-electron chi connectivity index (χ3n) is 9.16. The molecule has 0 bridgehead atoms. The summed E-state index contributed by atoms with van der Waals surface area (Å²) in [5, 5.41) is 10.3. The van der Waals surface area contributed by atoms with Gasteiger partial charge in [0.1, 0.15) is 5.75 Å². The number of nitrogens with one attached hydrogen (secondary N) is 3. The van der Waals surface area contributed by atoms with Crippen LogP contribution in [0.3, 0.4) is 0 Å². The molecule has 0 spiro atoms. The number of carbonyl (C=O) groups excluding carboxylic acids is 1. The van der Waals surface area contributed by atoms with Crippen molar-refractivity contribution in [2.45, 2.75) is 44.6 Å². The molecule has 1 atom stereocenters. The smallest absolute Gasteiger partial charge is 0.406 e. The number of benzene rings is 3. The largest absolute Gasteiger partial charge is 0.573 e. The minimum absolute atomic E-state index is 0.0481. The van der Waals surface area contributed by atoms with Crippen LogP contribution >= 0.6 is 0 Å². The van der Waals surface area contributed by atoms with E-state index in [1.54, 1.807) is 18.2 Å². The van der Waals surface area contributed by atoms with Crippen molar-refractivity contribution in [3.63, 3.8) is 0 Å². The minimum atomic E-state index is -4.79. The van der Waals surface area contributed by atoms with E-state index >= 15 is 0 Å². The number of piperazine rings is 2. The third kappa shape index (κ3) is 9.16. The zero-order chi connectivity index (χ0) is 35.3. The number of ether oxygens (including phenoxy) is 1. The molecule has 14 heteroatoms. The van der Waals surface area contributed by atoms with E-state index in [0.717, 1.165) is 46.7 Å². The van der Waals surface area contributed by atoms with Crippen molar-refractivity contribution in [2.75, 3.05) is 52.4 Å². The Morgan fingerprint density at radius 2 is 1.60 bits per heavy atom. The van der Waals surface area contributed by atoms with Crippen LogP contribution in [0, 0.1) is 0 Å². The van der Waals surface area contributed by atoms with Gasteiger partial charge in [-0.15, -0.1) is 13.2 Å². The van der Waals surface area contributed by atoms with E-state index in [4.69, 9.17) is 0 Å². The Bertz CT molecular complexity index is 1740. The lowest BCUT2D eigenvalue weighted by atomic mass is 10.0. The van der Waals surface area contributed by atoms with Gasteiger partial charge in [-0.2, -0.15) is 13.2 Å². The van der Waals surface area contributed by atoms with Crippen molar-refractivity contribution in [3.8, 4) is 16.9 Å². The Balaban J connectivity index is 1.14. The van der Waals surface area contributed by atoms with Gasteiger partial charge in [-0.25, -0.2) is 0 Å². The van der Waals surface area contributed by atoms with E-state index in [9.17, 15) is 31.1 Å². The van der Waals surface area contributed by atoms with Gasteiger partial charge in [0.2, 0.25) is 5.91 Å². The maximum Gasteiger partial charge on any atom is 0.573 e. The van der Waals surface area contributed by atoms with Crippen molar-refractivity contribution in [1.82, 2.24) is 30.3 Å². The van der Waals surface area contributed by atoms with Crippen LogP contribution in [0.1, 0.15) is 23.1 Å². The number of amides is 1. The highest BCUT2D eigenvalue weighted by atomic mass is 19.4. The first-order valence-corrected chi connectivity index (χ1v) is 16.7. The van der Waals surface area contributed by atoms with Gasteiger partial charge in [0, 0.05) is 94.7 Å². The summed E-state index contributed by atoms with van der Waals surface area (Å²) in [5.74, 6) is -0.349. The first kappa shape index (κ1) is 35.7. The lowest BCUT2D eigenvalue weighted by molar-refractivity contribution is -0.274. The van der Waals surface area contributed by atoms with Gasteiger partial charge in [0.25, 0.3) is 0 Å². The fourth-order valence-corrected chi connectivity index (χ4v) is 6.66. The molecule has 2 aliphatic rings. The molecule has 8 nitrogen and oxygen atoms in total.